The van der Waals surface area contributed by atoms with Gasteiger partial charge >= 0.3 is 0 Å². The van der Waals surface area contributed by atoms with Crippen LogP contribution in [0.5, 0.6) is 5.75 Å². The van der Waals surface area contributed by atoms with Gasteiger partial charge in [-0.1, -0.05) is 24.3 Å². The molecule has 29 heavy (non-hydrogen) atoms. The van der Waals surface area contributed by atoms with Crippen LogP contribution in [0.4, 0.5) is 5.69 Å². The molecule has 2 aromatic carbocycles. The van der Waals surface area contributed by atoms with E-state index in [9.17, 15) is 9.59 Å². The number of carbonyl (C=O) groups excluding carboxylic acids is 2. The first-order valence-corrected chi connectivity index (χ1v) is 9.06. The summed E-state index contributed by atoms with van der Waals surface area (Å²) in [6, 6.07) is 16.0. The van der Waals surface area contributed by atoms with Crippen LogP contribution >= 0.6 is 0 Å². The number of amides is 2. The Morgan fingerprint density at radius 1 is 1.03 bits per heavy atom. The molecule has 1 aromatic heterocycles. The number of nitrogens with one attached hydrogen (secondary N) is 2. The van der Waals surface area contributed by atoms with Crippen LogP contribution in [0.3, 0.4) is 0 Å². The lowest BCUT2D eigenvalue weighted by molar-refractivity contribution is -0.113. The minimum Gasteiger partial charge on any atom is -0.495 e. The van der Waals surface area contributed by atoms with Crippen molar-refractivity contribution in [2.75, 3.05) is 12.4 Å². The number of hydrogen-bond donors (Lipinski definition) is 2. The Hall–Kier alpha value is -3.80. The predicted molar refractivity (Wildman–Crippen MR) is 112 cm³/mol. The Kier molecular flexibility index (Phi) is 6.14. The highest BCUT2D eigenvalue weighted by molar-refractivity contribution is 6.11. The van der Waals surface area contributed by atoms with Gasteiger partial charge in [0.25, 0.3) is 11.8 Å². The SMILES string of the molecule is COc1ccc(C)cc1NC(=O)/C(=C/c1ccco1)NC(=O)c1ccccc1C. The summed E-state index contributed by atoms with van der Waals surface area (Å²) in [5, 5.41) is 5.49. The zero-order valence-electron chi connectivity index (χ0n) is 16.5. The maximum absolute atomic E-state index is 13.0. The maximum Gasteiger partial charge on any atom is 0.272 e. The van der Waals surface area contributed by atoms with Gasteiger partial charge in [-0.25, -0.2) is 0 Å². The topological polar surface area (TPSA) is 80.6 Å². The number of rotatable bonds is 6. The van der Waals surface area contributed by atoms with Crippen LogP contribution in [0.2, 0.25) is 0 Å². The molecule has 2 N–H and O–H groups in total. The first-order valence-electron chi connectivity index (χ1n) is 9.06. The number of ether oxygens (including phenoxy) is 1. The van der Waals surface area contributed by atoms with Crippen molar-refractivity contribution in [3.63, 3.8) is 0 Å². The van der Waals surface area contributed by atoms with Crippen LogP contribution in [0.1, 0.15) is 27.2 Å². The monoisotopic (exact) mass is 390 g/mol. The second-order valence-electron chi connectivity index (χ2n) is 6.50. The van der Waals surface area contributed by atoms with Crippen LogP contribution in [-0.4, -0.2) is 18.9 Å². The van der Waals surface area contributed by atoms with Crippen LogP contribution in [0.15, 0.2) is 71.0 Å². The summed E-state index contributed by atoms with van der Waals surface area (Å²) >= 11 is 0. The molecular formula is C23H22N2O4. The Bertz CT molecular complexity index is 1050. The van der Waals surface area contributed by atoms with Crippen LogP contribution in [0, 0.1) is 13.8 Å². The molecule has 0 aliphatic carbocycles. The van der Waals surface area contributed by atoms with Gasteiger partial charge in [0.2, 0.25) is 0 Å². The zero-order valence-corrected chi connectivity index (χ0v) is 16.5. The van der Waals surface area contributed by atoms with Crippen molar-refractivity contribution in [3.8, 4) is 5.75 Å². The molecule has 1 heterocycles. The van der Waals surface area contributed by atoms with Crippen molar-refractivity contribution in [1.82, 2.24) is 5.32 Å². The molecule has 3 rings (SSSR count). The summed E-state index contributed by atoms with van der Waals surface area (Å²) in [6.07, 6.45) is 2.97. The fourth-order valence-electron chi connectivity index (χ4n) is 2.80. The molecule has 2 amide bonds. The highest BCUT2D eigenvalue weighted by atomic mass is 16.5. The lowest BCUT2D eigenvalue weighted by Crippen LogP contribution is -2.31. The first-order chi connectivity index (χ1) is 14.0. The molecule has 0 aliphatic heterocycles. The van der Waals surface area contributed by atoms with Crippen molar-refractivity contribution < 1.29 is 18.7 Å². The molecule has 0 aliphatic rings. The second-order valence-corrected chi connectivity index (χ2v) is 6.50. The van der Waals surface area contributed by atoms with E-state index in [1.807, 2.05) is 32.0 Å². The van der Waals surface area contributed by atoms with E-state index in [-0.39, 0.29) is 11.6 Å². The summed E-state index contributed by atoms with van der Waals surface area (Å²) in [4.78, 5) is 25.7. The lowest BCUT2D eigenvalue weighted by Gasteiger charge is -2.14. The Labute approximate surface area is 169 Å². The largest absolute Gasteiger partial charge is 0.495 e. The average Bonchev–Trinajstić information content (AvgIpc) is 3.21. The Balaban J connectivity index is 1.90. The molecule has 0 saturated heterocycles. The minimum atomic E-state index is -0.493. The normalized spacial score (nSPS) is 11.1. The molecule has 0 saturated carbocycles. The van der Waals surface area contributed by atoms with Gasteiger partial charge in [-0.3, -0.25) is 9.59 Å². The molecule has 0 radical (unpaired) electrons. The fourth-order valence-corrected chi connectivity index (χ4v) is 2.80. The molecule has 0 spiro atoms. The van der Waals surface area contributed by atoms with Gasteiger partial charge in [0.15, 0.2) is 0 Å². The van der Waals surface area contributed by atoms with E-state index in [1.165, 1.54) is 19.4 Å². The van der Waals surface area contributed by atoms with Crippen LogP contribution in [-0.2, 0) is 4.79 Å². The Morgan fingerprint density at radius 3 is 2.52 bits per heavy atom. The number of aryl methyl sites for hydroxylation is 2. The third kappa shape index (κ3) is 4.93. The molecule has 6 heteroatoms. The molecule has 0 atom stereocenters. The number of furan rings is 1. The van der Waals surface area contributed by atoms with Gasteiger partial charge < -0.3 is 19.8 Å². The van der Waals surface area contributed by atoms with E-state index in [2.05, 4.69) is 10.6 Å². The van der Waals surface area contributed by atoms with E-state index in [0.717, 1.165) is 11.1 Å². The summed E-state index contributed by atoms with van der Waals surface area (Å²) in [5.74, 6) is 0.0856. The Morgan fingerprint density at radius 2 is 1.83 bits per heavy atom. The van der Waals surface area contributed by atoms with Crippen LogP contribution in [0.25, 0.3) is 6.08 Å². The summed E-state index contributed by atoms with van der Waals surface area (Å²) in [7, 11) is 1.53. The third-order valence-corrected chi connectivity index (χ3v) is 4.32. The fraction of sp³-hybridized carbons (Fsp3) is 0.130. The number of hydrogen-bond acceptors (Lipinski definition) is 4. The molecule has 0 bridgehead atoms. The van der Waals surface area contributed by atoms with E-state index >= 15 is 0 Å². The van der Waals surface area contributed by atoms with Gasteiger partial charge in [0.05, 0.1) is 19.1 Å². The average molecular weight is 390 g/mol. The van der Waals surface area contributed by atoms with Crippen molar-refractivity contribution in [3.05, 3.63) is 89.0 Å². The summed E-state index contributed by atoms with van der Waals surface area (Å²) < 4.78 is 10.6. The summed E-state index contributed by atoms with van der Waals surface area (Å²) in [6.45, 7) is 3.75. The smallest absolute Gasteiger partial charge is 0.272 e. The highest BCUT2D eigenvalue weighted by Crippen LogP contribution is 2.25. The molecule has 6 nitrogen and oxygen atoms in total. The van der Waals surface area contributed by atoms with E-state index in [1.54, 1.807) is 36.4 Å². The zero-order chi connectivity index (χ0) is 20.8. The maximum atomic E-state index is 13.0. The van der Waals surface area contributed by atoms with Crippen molar-refractivity contribution in [1.29, 1.82) is 0 Å². The molecule has 0 unspecified atom stereocenters. The number of carbonyl (C=O) groups is 2. The lowest BCUT2D eigenvalue weighted by atomic mass is 10.1. The van der Waals surface area contributed by atoms with E-state index in [4.69, 9.17) is 9.15 Å². The number of benzene rings is 2. The van der Waals surface area contributed by atoms with Crippen molar-refractivity contribution >= 4 is 23.6 Å². The van der Waals surface area contributed by atoms with Gasteiger partial charge in [-0.05, 0) is 55.3 Å². The molecule has 148 valence electrons. The molecular weight excluding hydrogens is 368 g/mol. The quantitative estimate of drug-likeness (QED) is 0.615. The number of methoxy groups -OCH3 is 1. The summed E-state index contributed by atoms with van der Waals surface area (Å²) in [5.41, 5.74) is 2.81. The third-order valence-electron chi connectivity index (χ3n) is 4.32. The molecule has 3 aromatic rings. The van der Waals surface area contributed by atoms with Crippen molar-refractivity contribution in [2.24, 2.45) is 0 Å². The predicted octanol–water partition coefficient (Wildman–Crippen LogP) is 4.31. The van der Waals surface area contributed by atoms with E-state index in [0.29, 0.717) is 22.8 Å². The van der Waals surface area contributed by atoms with Gasteiger partial charge in [-0.15, -0.1) is 0 Å². The standard InChI is InChI=1S/C23H22N2O4/c1-15-10-11-21(28-3)19(13-15)24-23(27)20(14-17-8-6-12-29-17)25-22(26)18-9-5-4-7-16(18)2/h4-14H,1-3H3,(H,24,27)(H,25,26)/b20-14-. The van der Waals surface area contributed by atoms with E-state index < -0.39 is 5.91 Å². The highest BCUT2D eigenvalue weighted by Gasteiger charge is 2.18. The van der Waals surface area contributed by atoms with Crippen molar-refractivity contribution in [2.45, 2.75) is 13.8 Å². The second kappa shape index (κ2) is 8.93. The van der Waals surface area contributed by atoms with Gasteiger partial charge in [-0.2, -0.15) is 0 Å². The van der Waals surface area contributed by atoms with Crippen LogP contribution < -0.4 is 15.4 Å². The molecule has 0 fully saturated rings. The van der Waals surface area contributed by atoms with Gasteiger partial charge in [0, 0.05) is 11.6 Å². The van der Waals surface area contributed by atoms with Gasteiger partial charge in [0.1, 0.15) is 17.2 Å². The first kappa shape index (κ1) is 19.9. The minimum absolute atomic E-state index is 0.0526. The number of anilines is 1.